The fraction of sp³-hybridized carbons (Fsp3) is 0.375. The van der Waals surface area contributed by atoms with Crippen molar-refractivity contribution in [3.8, 4) is 5.69 Å². The van der Waals surface area contributed by atoms with Crippen LogP contribution in [0, 0.1) is 0 Å². The van der Waals surface area contributed by atoms with Crippen LogP contribution in [0.5, 0.6) is 0 Å². The summed E-state index contributed by atoms with van der Waals surface area (Å²) in [4.78, 5) is 16.8. The van der Waals surface area contributed by atoms with Crippen LogP contribution in [-0.4, -0.2) is 39.8 Å². The highest BCUT2D eigenvalue weighted by Crippen LogP contribution is 2.37. The topological polar surface area (TPSA) is 63.1 Å². The van der Waals surface area contributed by atoms with Crippen molar-refractivity contribution in [3.05, 3.63) is 71.8 Å². The van der Waals surface area contributed by atoms with E-state index in [1.807, 2.05) is 0 Å². The maximum absolute atomic E-state index is 13.2. The summed E-state index contributed by atoms with van der Waals surface area (Å²) in [5, 5.41) is 7.09. The summed E-state index contributed by atoms with van der Waals surface area (Å²) in [7, 11) is 1.47. The summed E-state index contributed by atoms with van der Waals surface area (Å²) in [5.74, 6) is -0.252. The molecule has 0 atom stereocenters. The van der Waals surface area contributed by atoms with Crippen LogP contribution in [0.25, 0.3) is 5.69 Å². The zero-order valence-corrected chi connectivity index (χ0v) is 19.1. The van der Waals surface area contributed by atoms with Gasteiger partial charge in [-0.3, -0.25) is 4.79 Å². The third-order valence-electron chi connectivity index (χ3n) is 6.28. The van der Waals surface area contributed by atoms with Crippen LogP contribution in [0.2, 0.25) is 0 Å². The first-order chi connectivity index (χ1) is 16.9. The van der Waals surface area contributed by atoms with Crippen LogP contribution < -0.4 is 10.2 Å². The number of hydrogen-bond donors (Lipinski definition) is 1. The zero-order valence-electron chi connectivity index (χ0n) is 19.1. The molecule has 2 heterocycles. The average molecular weight is 511 g/mol. The van der Waals surface area contributed by atoms with Gasteiger partial charge in [-0.1, -0.05) is 0 Å². The fourth-order valence-corrected chi connectivity index (χ4v) is 4.28. The third-order valence-corrected chi connectivity index (χ3v) is 6.28. The van der Waals surface area contributed by atoms with Gasteiger partial charge in [0.1, 0.15) is 11.4 Å². The fourth-order valence-electron chi connectivity index (χ4n) is 4.28. The Morgan fingerprint density at radius 2 is 1.56 bits per heavy atom. The van der Waals surface area contributed by atoms with Gasteiger partial charge in [0, 0.05) is 42.8 Å². The molecule has 1 N–H and O–H groups in total. The molecule has 4 rings (SSSR count). The van der Waals surface area contributed by atoms with Crippen molar-refractivity contribution in [1.82, 2.24) is 20.1 Å². The van der Waals surface area contributed by atoms with E-state index in [4.69, 9.17) is 0 Å². The number of anilines is 1. The molecule has 0 saturated heterocycles. The highest BCUT2D eigenvalue weighted by Gasteiger charge is 2.39. The van der Waals surface area contributed by atoms with Gasteiger partial charge in [-0.25, -0.2) is 9.67 Å². The first kappa shape index (κ1) is 25.5. The number of carbonyl (C=O) groups is 1. The number of carbonyl (C=O) groups excluding carboxylic acids is 1. The van der Waals surface area contributed by atoms with Crippen molar-refractivity contribution in [2.45, 2.75) is 50.1 Å². The molecule has 1 amide bonds. The monoisotopic (exact) mass is 511 g/mol. The molecule has 3 aromatic rings. The van der Waals surface area contributed by atoms with Crippen LogP contribution in [0.15, 0.2) is 54.9 Å². The average Bonchev–Trinajstić information content (AvgIpc) is 3.38. The van der Waals surface area contributed by atoms with E-state index in [1.165, 1.54) is 11.9 Å². The Bertz CT molecular complexity index is 1150. The van der Waals surface area contributed by atoms with E-state index in [0.717, 1.165) is 5.69 Å². The Balaban J connectivity index is 1.38. The lowest BCUT2D eigenvalue weighted by atomic mass is 9.90. The minimum Gasteiger partial charge on any atom is -0.371 e. The van der Waals surface area contributed by atoms with Gasteiger partial charge in [-0.15, -0.1) is 0 Å². The van der Waals surface area contributed by atoms with E-state index in [9.17, 15) is 31.1 Å². The Kier molecular flexibility index (Phi) is 6.96. The number of alkyl halides is 6. The van der Waals surface area contributed by atoms with E-state index in [1.54, 1.807) is 47.4 Å². The predicted octanol–water partition coefficient (Wildman–Crippen LogP) is 5.48. The van der Waals surface area contributed by atoms with Gasteiger partial charge in [0.25, 0.3) is 5.91 Å². The van der Waals surface area contributed by atoms with Crippen molar-refractivity contribution in [2.75, 3.05) is 11.9 Å². The standard InChI is InChI=1S/C24H23F6N5O/c1-34(19-13-20(23(25,26)27)33-21(14-19)24(28,29)30)17-9-5-16(6-10-17)32-22(36)15-3-7-18(8-4-15)35-12-2-11-31-35/h2-4,7-8,11-14,16-17H,5-6,9-10H2,1H3,(H,32,36)/t16-,17+. The zero-order chi connectivity index (χ0) is 26.1. The molecule has 6 nitrogen and oxygen atoms in total. The maximum atomic E-state index is 13.2. The van der Waals surface area contributed by atoms with Gasteiger partial charge in [0.05, 0.1) is 5.69 Å². The number of aromatic nitrogens is 3. The molecular formula is C24H23F6N5O. The van der Waals surface area contributed by atoms with E-state index >= 15 is 0 Å². The number of hydrogen-bond acceptors (Lipinski definition) is 4. The lowest BCUT2D eigenvalue weighted by Crippen LogP contribution is -2.43. The molecular weight excluding hydrogens is 488 g/mol. The molecule has 12 heteroatoms. The van der Waals surface area contributed by atoms with E-state index in [-0.39, 0.29) is 23.7 Å². The predicted molar refractivity (Wildman–Crippen MR) is 120 cm³/mol. The van der Waals surface area contributed by atoms with E-state index in [2.05, 4.69) is 15.4 Å². The molecule has 1 saturated carbocycles. The summed E-state index contributed by atoms with van der Waals surface area (Å²) in [6, 6.07) is 9.54. The second-order valence-corrected chi connectivity index (χ2v) is 8.68. The molecule has 2 aromatic heterocycles. The summed E-state index contributed by atoms with van der Waals surface area (Å²) >= 11 is 0. The Morgan fingerprint density at radius 1 is 0.972 bits per heavy atom. The quantitative estimate of drug-likeness (QED) is 0.461. The molecule has 0 spiro atoms. The van der Waals surface area contributed by atoms with Gasteiger partial charge >= 0.3 is 12.4 Å². The number of rotatable bonds is 5. The highest BCUT2D eigenvalue weighted by atomic mass is 19.4. The second-order valence-electron chi connectivity index (χ2n) is 8.68. The van der Waals surface area contributed by atoms with Crippen LogP contribution in [-0.2, 0) is 12.4 Å². The Hall–Kier alpha value is -3.57. The molecule has 0 unspecified atom stereocenters. The molecule has 1 aliphatic rings. The first-order valence-electron chi connectivity index (χ1n) is 11.2. The Morgan fingerprint density at radius 3 is 2.06 bits per heavy atom. The summed E-state index contributed by atoms with van der Waals surface area (Å²) in [5.41, 5.74) is -2.09. The lowest BCUT2D eigenvalue weighted by Gasteiger charge is -2.36. The highest BCUT2D eigenvalue weighted by molar-refractivity contribution is 5.94. The van der Waals surface area contributed by atoms with E-state index in [0.29, 0.717) is 43.4 Å². The molecule has 0 bridgehead atoms. The molecule has 0 aliphatic heterocycles. The van der Waals surface area contributed by atoms with Gasteiger partial charge in [-0.2, -0.15) is 31.4 Å². The molecule has 36 heavy (non-hydrogen) atoms. The maximum Gasteiger partial charge on any atom is 0.433 e. The number of pyridine rings is 1. The van der Waals surface area contributed by atoms with Gasteiger partial charge in [0.2, 0.25) is 0 Å². The number of benzene rings is 1. The summed E-state index contributed by atoms with van der Waals surface area (Å²) < 4.78 is 80.6. The molecule has 1 aromatic carbocycles. The van der Waals surface area contributed by atoms with Crippen molar-refractivity contribution in [3.63, 3.8) is 0 Å². The third kappa shape index (κ3) is 5.80. The molecule has 1 fully saturated rings. The lowest BCUT2D eigenvalue weighted by molar-refractivity contribution is -0.150. The number of halogens is 6. The van der Waals surface area contributed by atoms with Crippen molar-refractivity contribution in [2.24, 2.45) is 0 Å². The van der Waals surface area contributed by atoms with Crippen LogP contribution in [0.1, 0.15) is 47.4 Å². The van der Waals surface area contributed by atoms with Gasteiger partial charge in [-0.05, 0) is 68.1 Å². The Labute approximate surface area is 202 Å². The minimum atomic E-state index is -5.00. The van der Waals surface area contributed by atoms with Crippen molar-refractivity contribution >= 4 is 11.6 Å². The van der Waals surface area contributed by atoms with Crippen molar-refractivity contribution in [1.29, 1.82) is 0 Å². The minimum absolute atomic E-state index is 0.151. The smallest absolute Gasteiger partial charge is 0.371 e. The van der Waals surface area contributed by atoms with Gasteiger partial charge in [0.15, 0.2) is 0 Å². The normalized spacial score (nSPS) is 18.6. The molecule has 192 valence electrons. The van der Waals surface area contributed by atoms with E-state index < -0.39 is 23.7 Å². The van der Waals surface area contributed by atoms with Crippen LogP contribution in [0.3, 0.4) is 0 Å². The second kappa shape index (κ2) is 9.82. The first-order valence-corrected chi connectivity index (χ1v) is 11.2. The van der Waals surface area contributed by atoms with Crippen molar-refractivity contribution < 1.29 is 31.1 Å². The summed E-state index contributed by atoms with van der Waals surface area (Å²) in [6.07, 6.45) is -4.52. The molecule has 1 aliphatic carbocycles. The number of nitrogens with zero attached hydrogens (tertiary/aromatic N) is 4. The number of nitrogens with one attached hydrogen (secondary N) is 1. The SMILES string of the molecule is CN(c1cc(C(F)(F)F)nc(C(F)(F)F)c1)[C@H]1CC[C@@H](NC(=O)c2ccc(-n3cccn3)cc2)CC1. The largest absolute Gasteiger partial charge is 0.433 e. The molecule has 0 radical (unpaired) electrons. The van der Waals surface area contributed by atoms with Crippen LogP contribution >= 0.6 is 0 Å². The van der Waals surface area contributed by atoms with Gasteiger partial charge < -0.3 is 10.2 Å². The number of amides is 1. The van der Waals surface area contributed by atoms with Crippen LogP contribution in [0.4, 0.5) is 32.0 Å². The summed E-state index contributed by atoms with van der Waals surface area (Å²) in [6.45, 7) is 0.